The molecular formula is C25H23N3O6S. The molecule has 3 aromatic rings. The highest BCUT2D eigenvalue weighted by molar-refractivity contribution is 8.18. The van der Waals surface area contributed by atoms with Crippen molar-refractivity contribution >= 4 is 35.1 Å². The molecule has 180 valence electrons. The number of carbonyl (C=O) groups excluding carboxylic acids is 1. The maximum absolute atomic E-state index is 13.2. The summed E-state index contributed by atoms with van der Waals surface area (Å²) in [6.07, 6.45) is 4.83. The molecule has 4 rings (SSSR count). The van der Waals surface area contributed by atoms with Crippen LogP contribution < -0.4 is 14.2 Å². The van der Waals surface area contributed by atoms with E-state index in [1.165, 1.54) is 29.8 Å². The van der Waals surface area contributed by atoms with Gasteiger partial charge < -0.3 is 23.7 Å². The summed E-state index contributed by atoms with van der Waals surface area (Å²) in [6.45, 7) is 0.208. The lowest BCUT2D eigenvalue weighted by Crippen LogP contribution is -2.28. The first-order chi connectivity index (χ1) is 17.0. The van der Waals surface area contributed by atoms with Crippen molar-refractivity contribution in [3.8, 4) is 23.0 Å². The van der Waals surface area contributed by atoms with Gasteiger partial charge in [-0.15, -0.1) is 5.10 Å². The largest absolute Gasteiger partial charge is 0.504 e. The fourth-order valence-corrected chi connectivity index (χ4v) is 4.23. The Labute approximate surface area is 206 Å². The van der Waals surface area contributed by atoms with Crippen molar-refractivity contribution in [1.29, 1.82) is 0 Å². The third kappa shape index (κ3) is 5.49. The third-order valence-electron chi connectivity index (χ3n) is 5.04. The summed E-state index contributed by atoms with van der Waals surface area (Å²) in [5.74, 6) is 1.89. The fraction of sp³-hybridized carbons (Fsp3) is 0.160. The van der Waals surface area contributed by atoms with Crippen molar-refractivity contribution in [2.24, 2.45) is 10.2 Å². The molecule has 35 heavy (non-hydrogen) atoms. The van der Waals surface area contributed by atoms with E-state index in [1.807, 2.05) is 6.07 Å². The van der Waals surface area contributed by atoms with Gasteiger partial charge in [-0.05, 0) is 71.4 Å². The lowest BCUT2D eigenvalue weighted by Gasteiger charge is -2.12. The van der Waals surface area contributed by atoms with Crippen LogP contribution in [0.4, 0.5) is 0 Å². The molecule has 9 nitrogen and oxygen atoms in total. The average molecular weight is 494 g/mol. The molecule has 0 atom stereocenters. The number of phenolic OH excluding ortho intramolecular Hbond substituents is 1. The van der Waals surface area contributed by atoms with E-state index in [2.05, 4.69) is 10.2 Å². The van der Waals surface area contributed by atoms with Crippen molar-refractivity contribution in [2.75, 3.05) is 21.3 Å². The van der Waals surface area contributed by atoms with Crippen molar-refractivity contribution in [1.82, 2.24) is 4.90 Å². The van der Waals surface area contributed by atoms with Gasteiger partial charge in [-0.2, -0.15) is 5.10 Å². The second kappa shape index (κ2) is 10.8. The molecule has 1 aliphatic rings. The zero-order valence-corrected chi connectivity index (χ0v) is 20.1. The van der Waals surface area contributed by atoms with Crippen molar-refractivity contribution in [3.05, 3.63) is 76.6 Å². The summed E-state index contributed by atoms with van der Waals surface area (Å²) < 4.78 is 21.2. The molecule has 1 amide bonds. The van der Waals surface area contributed by atoms with Crippen molar-refractivity contribution in [2.45, 2.75) is 6.54 Å². The second-order valence-electron chi connectivity index (χ2n) is 7.25. The molecule has 1 aliphatic heterocycles. The van der Waals surface area contributed by atoms with Crippen LogP contribution in [0, 0.1) is 0 Å². The number of phenols is 1. The number of benzene rings is 2. The summed E-state index contributed by atoms with van der Waals surface area (Å²) in [6, 6.07) is 13.8. The first-order valence-electron chi connectivity index (χ1n) is 10.5. The Morgan fingerprint density at radius 2 is 1.74 bits per heavy atom. The highest BCUT2D eigenvalue weighted by Crippen LogP contribution is 2.35. The van der Waals surface area contributed by atoms with E-state index in [1.54, 1.807) is 69.2 Å². The van der Waals surface area contributed by atoms with Gasteiger partial charge >= 0.3 is 0 Å². The summed E-state index contributed by atoms with van der Waals surface area (Å²) in [5, 5.41) is 18.7. The molecule has 0 radical (unpaired) electrons. The van der Waals surface area contributed by atoms with Gasteiger partial charge in [0, 0.05) is 0 Å². The summed E-state index contributed by atoms with van der Waals surface area (Å²) in [5.41, 5.74) is 1.45. The minimum absolute atomic E-state index is 0.0197. The van der Waals surface area contributed by atoms with E-state index in [9.17, 15) is 9.90 Å². The number of hydrogen-bond donors (Lipinski definition) is 1. The van der Waals surface area contributed by atoms with Gasteiger partial charge in [-0.1, -0.05) is 6.07 Å². The van der Waals surface area contributed by atoms with Gasteiger partial charge in [-0.25, -0.2) is 0 Å². The Kier molecular flexibility index (Phi) is 7.41. The summed E-state index contributed by atoms with van der Waals surface area (Å²) in [4.78, 5) is 15.2. The van der Waals surface area contributed by atoms with E-state index in [4.69, 9.17) is 18.6 Å². The normalized spacial score (nSPS) is 16.0. The Morgan fingerprint density at radius 1 is 1.00 bits per heavy atom. The molecule has 1 aromatic heterocycles. The minimum atomic E-state index is -0.237. The van der Waals surface area contributed by atoms with Gasteiger partial charge in [0.2, 0.25) is 0 Å². The lowest BCUT2D eigenvalue weighted by atomic mass is 10.2. The van der Waals surface area contributed by atoms with Crippen LogP contribution in [-0.2, 0) is 11.3 Å². The molecule has 1 fully saturated rings. The van der Waals surface area contributed by atoms with Crippen LogP contribution in [0.3, 0.4) is 0 Å². The van der Waals surface area contributed by atoms with E-state index in [0.29, 0.717) is 38.6 Å². The van der Waals surface area contributed by atoms with Gasteiger partial charge in [0.05, 0.1) is 45.3 Å². The average Bonchev–Trinajstić information content (AvgIpc) is 3.49. The van der Waals surface area contributed by atoms with Crippen LogP contribution in [0.25, 0.3) is 6.08 Å². The topological polar surface area (TPSA) is 106 Å². The molecule has 10 heteroatoms. The Hall–Kier alpha value is -4.18. The predicted octanol–water partition coefficient (Wildman–Crippen LogP) is 4.52. The van der Waals surface area contributed by atoms with Crippen LogP contribution in [0.15, 0.2) is 74.3 Å². The first-order valence-corrected chi connectivity index (χ1v) is 11.3. The SMILES string of the molecule is COc1cc(/C=C2\S/C(=N\N=C\c3ccc(OC)c(OC)c3)N(Cc3ccco3)C2=O)ccc1O. The predicted molar refractivity (Wildman–Crippen MR) is 134 cm³/mol. The molecule has 1 N–H and O–H groups in total. The maximum Gasteiger partial charge on any atom is 0.267 e. The standard InChI is InChI=1S/C25H23N3O6S/c1-31-20-9-7-17(12-22(20)33-3)14-26-27-25-28(15-18-5-4-10-34-18)24(30)23(35-25)13-16-6-8-19(29)21(11-16)32-2/h4-14,29H,15H2,1-3H3/b23-13-,26-14+,27-25-. The number of hydrogen-bond acceptors (Lipinski definition) is 9. The van der Waals surface area contributed by atoms with Crippen molar-refractivity contribution in [3.63, 3.8) is 0 Å². The number of rotatable bonds is 8. The van der Waals surface area contributed by atoms with Crippen LogP contribution in [-0.4, -0.2) is 48.6 Å². The third-order valence-corrected chi connectivity index (χ3v) is 6.04. The Morgan fingerprint density at radius 3 is 2.46 bits per heavy atom. The summed E-state index contributed by atoms with van der Waals surface area (Å²) >= 11 is 1.19. The molecule has 2 aromatic carbocycles. The van der Waals surface area contributed by atoms with Crippen LogP contribution in [0.2, 0.25) is 0 Å². The number of amidine groups is 1. The van der Waals surface area contributed by atoms with Gasteiger partial charge in [0.15, 0.2) is 28.2 Å². The quantitative estimate of drug-likeness (QED) is 0.279. The first kappa shape index (κ1) is 24.0. The molecule has 0 spiro atoms. The summed E-state index contributed by atoms with van der Waals surface area (Å²) in [7, 11) is 4.59. The molecule has 1 saturated heterocycles. The number of furan rings is 1. The zero-order chi connectivity index (χ0) is 24.8. The van der Waals surface area contributed by atoms with Crippen LogP contribution in [0.1, 0.15) is 16.9 Å². The van der Waals surface area contributed by atoms with Gasteiger partial charge in [-0.3, -0.25) is 9.69 Å². The van der Waals surface area contributed by atoms with Gasteiger partial charge in [0.25, 0.3) is 5.91 Å². The monoisotopic (exact) mass is 493 g/mol. The van der Waals surface area contributed by atoms with E-state index < -0.39 is 0 Å². The molecule has 0 aliphatic carbocycles. The minimum Gasteiger partial charge on any atom is -0.504 e. The Bertz CT molecular complexity index is 1300. The van der Waals surface area contributed by atoms with E-state index in [0.717, 1.165) is 5.56 Å². The van der Waals surface area contributed by atoms with E-state index >= 15 is 0 Å². The van der Waals surface area contributed by atoms with Crippen LogP contribution >= 0.6 is 11.8 Å². The van der Waals surface area contributed by atoms with Gasteiger partial charge in [0.1, 0.15) is 5.76 Å². The number of amides is 1. The highest BCUT2D eigenvalue weighted by atomic mass is 32.2. The van der Waals surface area contributed by atoms with Crippen LogP contribution in [0.5, 0.6) is 23.0 Å². The number of thioether (sulfide) groups is 1. The Balaban J connectivity index is 1.62. The van der Waals surface area contributed by atoms with E-state index in [-0.39, 0.29) is 18.2 Å². The smallest absolute Gasteiger partial charge is 0.267 e. The second-order valence-corrected chi connectivity index (χ2v) is 8.26. The molecule has 0 bridgehead atoms. The highest BCUT2D eigenvalue weighted by Gasteiger charge is 2.34. The fourth-order valence-electron chi connectivity index (χ4n) is 3.29. The zero-order valence-electron chi connectivity index (χ0n) is 19.3. The molecular weight excluding hydrogens is 470 g/mol. The molecule has 0 saturated carbocycles. The number of ether oxygens (including phenoxy) is 3. The molecule has 2 heterocycles. The lowest BCUT2D eigenvalue weighted by molar-refractivity contribution is -0.122. The number of carbonyl (C=O) groups is 1. The number of aromatic hydroxyl groups is 1. The van der Waals surface area contributed by atoms with Crippen molar-refractivity contribution < 1.29 is 28.5 Å². The number of methoxy groups -OCH3 is 3. The molecule has 0 unspecified atom stereocenters. The number of nitrogens with zero attached hydrogens (tertiary/aromatic N) is 3. The maximum atomic E-state index is 13.2.